The maximum atomic E-state index is 12.9. The molecular weight excluding hydrogens is 985 g/mol. The van der Waals surface area contributed by atoms with Crippen LogP contribution in [0.25, 0.3) is 0 Å². The smallest absolute Gasteiger partial charge is 0.306 e. The van der Waals surface area contributed by atoms with E-state index in [-0.39, 0.29) is 37.5 Å². The summed E-state index contributed by atoms with van der Waals surface area (Å²) in [5.74, 6) is -0.933. The third kappa shape index (κ3) is 65.7. The topological polar surface area (TPSA) is 78.9 Å². The number of carbonyl (C=O) groups is 3. The van der Waals surface area contributed by atoms with Crippen molar-refractivity contribution in [2.75, 3.05) is 13.2 Å². The van der Waals surface area contributed by atoms with E-state index < -0.39 is 6.10 Å². The number of rotatable bonds is 64. The fourth-order valence-corrected chi connectivity index (χ4v) is 10.2. The molecule has 0 N–H and O–H groups in total. The van der Waals surface area contributed by atoms with Crippen LogP contribution >= 0.6 is 0 Å². The predicted molar refractivity (Wildman–Crippen MR) is 348 cm³/mol. The van der Waals surface area contributed by atoms with Gasteiger partial charge in [-0.15, -0.1) is 0 Å². The Kier molecular flexibility index (Phi) is 65.7. The van der Waals surface area contributed by atoms with Gasteiger partial charge in [-0.25, -0.2) is 0 Å². The van der Waals surface area contributed by atoms with Crippen LogP contribution in [0.2, 0.25) is 0 Å². The summed E-state index contributed by atoms with van der Waals surface area (Å²) >= 11 is 0. The molecule has 0 amide bonds. The molecule has 464 valence electrons. The zero-order valence-corrected chi connectivity index (χ0v) is 53.3. The SMILES string of the molecule is CC/C=C\C/C=C\C/C=C\C/C=C\C/C=C\CCCC(=O)OCC(COC(=O)CCCCCCCCCCCCCCCCCCCCCCCCCCCC)OC(=O)CCCCCCCCCCC/C=C\CCCCCCCC. The average molecular weight is 1120 g/mol. The lowest BCUT2D eigenvalue weighted by atomic mass is 10.0. The van der Waals surface area contributed by atoms with Gasteiger partial charge in [0.2, 0.25) is 0 Å². The molecule has 0 saturated heterocycles. The van der Waals surface area contributed by atoms with Crippen LogP contribution in [0.15, 0.2) is 72.9 Å². The molecular formula is C74H132O6. The molecule has 1 atom stereocenters. The van der Waals surface area contributed by atoms with Crippen molar-refractivity contribution in [1.82, 2.24) is 0 Å². The Morgan fingerprint density at radius 2 is 0.500 bits per heavy atom. The molecule has 1 unspecified atom stereocenters. The van der Waals surface area contributed by atoms with Crippen molar-refractivity contribution in [3.63, 3.8) is 0 Å². The molecule has 6 nitrogen and oxygen atoms in total. The molecule has 0 aliphatic heterocycles. The number of hydrogen-bond donors (Lipinski definition) is 0. The summed E-state index contributed by atoms with van der Waals surface area (Å²) in [6, 6.07) is 0. The van der Waals surface area contributed by atoms with E-state index >= 15 is 0 Å². The third-order valence-corrected chi connectivity index (χ3v) is 15.4. The first-order valence-corrected chi connectivity index (χ1v) is 34.9. The molecule has 0 aliphatic rings. The van der Waals surface area contributed by atoms with Crippen molar-refractivity contribution in [1.29, 1.82) is 0 Å². The molecule has 0 rings (SSSR count). The van der Waals surface area contributed by atoms with Gasteiger partial charge in [0.1, 0.15) is 13.2 Å². The van der Waals surface area contributed by atoms with Crippen molar-refractivity contribution in [3.05, 3.63) is 72.9 Å². The van der Waals surface area contributed by atoms with Gasteiger partial charge < -0.3 is 14.2 Å². The first-order valence-electron chi connectivity index (χ1n) is 34.9. The Bertz CT molecular complexity index is 1470. The first kappa shape index (κ1) is 76.9. The van der Waals surface area contributed by atoms with Crippen molar-refractivity contribution >= 4 is 17.9 Å². The molecule has 0 aromatic heterocycles. The highest BCUT2D eigenvalue weighted by Gasteiger charge is 2.19. The lowest BCUT2D eigenvalue weighted by molar-refractivity contribution is -0.167. The summed E-state index contributed by atoms with van der Waals surface area (Å²) in [5, 5.41) is 0. The summed E-state index contributed by atoms with van der Waals surface area (Å²) < 4.78 is 16.9. The van der Waals surface area contributed by atoms with E-state index in [4.69, 9.17) is 14.2 Å². The van der Waals surface area contributed by atoms with E-state index in [1.54, 1.807) is 0 Å². The second-order valence-corrected chi connectivity index (χ2v) is 23.4. The Hall–Kier alpha value is -3.15. The molecule has 6 heteroatoms. The highest BCUT2D eigenvalue weighted by Crippen LogP contribution is 2.18. The number of ether oxygens (including phenoxy) is 3. The molecule has 0 saturated carbocycles. The van der Waals surface area contributed by atoms with E-state index in [2.05, 4.69) is 93.7 Å². The molecule has 0 fully saturated rings. The summed E-state index contributed by atoms with van der Waals surface area (Å²) in [6.07, 6.45) is 89.4. The van der Waals surface area contributed by atoms with Crippen LogP contribution in [0.5, 0.6) is 0 Å². The molecule has 80 heavy (non-hydrogen) atoms. The number of unbranched alkanes of at least 4 members (excludes halogenated alkanes) is 41. The third-order valence-electron chi connectivity index (χ3n) is 15.4. The first-order chi connectivity index (χ1) is 39.5. The molecule has 0 aromatic rings. The Labute approximate surface area is 497 Å². The zero-order chi connectivity index (χ0) is 57.8. The minimum Gasteiger partial charge on any atom is -0.462 e. The van der Waals surface area contributed by atoms with Crippen LogP contribution < -0.4 is 0 Å². The van der Waals surface area contributed by atoms with Crippen molar-refractivity contribution < 1.29 is 28.6 Å². The van der Waals surface area contributed by atoms with Crippen LogP contribution in [0.3, 0.4) is 0 Å². The zero-order valence-electron chi connectivity index (χ0n) is 53.3. The lowest BCUT2D eigenvalue weighted by Crippen LogP contribution is -2.30. The van der Waals surface area contributed by atoms with Gasteiger partial charge in [0, 0.05) is 19.3 Å². The van der Waals surface area contributed by atoms with Gasteiger partial charge in [-0.05, 0) is 83.5 Å². The number of carbonyl (C=O) groups excluding carboxylic acids is 3. The van der Waals surface area contributed by atoms with Gasteiger partial charge in [0.25, 0.3) is 0 Å². The highest BCUT2D eigenvalue weighted by atomic mass is 16.6. The molecule has 0 aromatic carbocycles. The van der Waals surface area contributed by atoms with Crippen LogP contribution in [-0.2, 0) is 28.6 Å². The van der Waals surface area contributed by atoms with Crippen LogP contribution in [0, 0.1) is 0 Å². The van der Waals surface area contributed by atoms with Gasteiger partial charge in [-0.3, -0.25) is 14.4 Å². The molecule has 0 aliphatic carbocycles. The van der Waals surface area contributed by atoms with Crippen LogP contribution in [0.4, 0.5) is 0 Å². The van der Waals surface area contributed by atoms with E-state index in [0.29, 0.717) is 19.3 Å². The molecule has 0 spiro atoms. The monoisotopic (exact) mass is 1120 g/mol. The van der Waals surface area contributed by atoms with Crippen LogP contribution in [-0.4, -0.2) is 37.2 Å². The average Bonchev–Trinajstić information content (AvgIpc) is 3.46. The van der Waals surface area contributed by atoms with E-state index in [1.807, 2.05) is 0 Å². The molecule has 0 bridgehead atoms. The van der Waals surface area contributed by atoms with Crippen molar-refractivity contribution in [2.24, 2.45) is 0 Å². The number of esters is 3. The van der Waals surface area contributed by atoms with Gasteiger partial charge in [0.05, 0.1) is 0 Å². The fourth-order valence-electron chi connectivity index (χ4n) is 10.2. The highest BCUT2D eigenvalue weighted by molar-refractivity contribution is 5.71. The normalized spacial score (nSPS) is 12.5. The molecule has 0 radical (unpaired) electrons. The summed E-state index contributed by atoms with van der Waals surface area (Å²) in [7, 11) is 0. The van der Waals surface area contributed by atoms with Crippen LogP contribution in [0.1, 0.15) is 361 Å². The van der Waals surface area contributed by atoms with Gasteiger partial charge in [0.15, 0.2) is 6.10 Å². The van der Waals surface area contributed by atoms with Gasteiger partial charge >= 0.3 is 17.9 Å². The number of hydrogen-bond acceptors (Lipinski definition) is 6. The second kappa shape index (κ2) is 68.3. The maximum absolute atomic E-state index is 12.9. The standard InChI is InChI=1S/C74H132O6/c1-4-7-10-13-16-19-22-25-28-31-33-34-35-36-37-38-39-41-43-46-49-52-55-58-61-64-67-73(76)79-70-71(69-78-72(75)66-63-60-57-54-51-48-45-42-30-27-24-21-18-15-12-9-6-3)80-74(77)68-65-62-59-56-53-50-47-44-40-32-29-26-23-20-17-14-11-8-5-2/h9,12,18,21,26-27,29-30,45,48,54,57,71H,4-8,10-11,13-17,19-20,22-25,28,31-44,46-47,49-53,55-56,58-70H2,1-3H3/b12-9-,21-18-,29-26-,30-27-,48-45-,57-54-. The number of allylic oxidation sites excluding steroid dienone is 12. The maximum Gasteiger partial charge on any atom is 0.306 e. The summed E-state index contributed by atoms with van der Waals surface area (Å²) in [4.78, 5) is 38.4. The predicted octanol–water partition coefficient (Wildman–Crippen LogP) is 24.1. The Morgan fingerprint density at radius 3 is 0.825 bits per heavy atom. The van der Waals surface area contributed by atoms with E-state index in [1.165, 1.54) is 238 Å². The quantitative estimate of drug-likeness (QED) is 0.0261. The minimum atomic E-state index is -0.800. The van der Waals surface area contributed by atoms with E-state index in [9.17, 15) is 14.4 Å². The van der Waals surface area contributed by atoms with Crippen molar-refractivity contribution in [3.8, 4) is 0 Å². The lowest BCUT2D eigenvalue weighted by Gasteiger charge is -2.18. The largest absolute Gasteiger partial charge is 0.462 e. The molecule has 0 heterocycles. The summed E-state index contributed by atoms with van der Waals surface area (Å²) in [6.45, 7) is 6.53. The Balaban J connectivity index is 4.33. The van der Waals surface area contributed by atoms with Gasteiger partial charge in [-0.2, -0.15) is 0 Å². The van der Waals surface area contributed by atoms with Gasteiger partial charge in [-0.1, -0.05) is 331 Å². The van der Waals surface area contributed by atoms with E-state index in [0.717, 1.165) is 77.0 Å². The summed E-state index contributed by atoms with van der Waals surface area (Å²) in [5.41, 5.74) is 0. The van der Waals surface area contributed by atoms with Crippen molar-refractivity contribution in [2.45, 2.75) is 367 Å². The minimum absolute atomic E-state index is 0.0904. The Morgan fingerprint density at radius 1 is 0.263 bits per heavy atom. The fraction of sp³-hybridized carbons (Fsp3) is 0.797. The second-order valence-electron chi connectivity index (χ2n) is 23.4.